The number of aromatic nitrogens is 2. The second-order valence-electron chi connectivity index (χ2n) is 6.86. The lowest BCUT2D eigenvalue weighted by molar-refractivity contribution is -0.0545. The van der Waals surface area contributed by atoms with Gasteiger partial charge < -0.3 is 34.8 Å². The lowest BCUT2D eigenvalue weighted by Crippen LogP contribution is -2.33. The van der Waals surface area contributed by atoms with E-state index in [4.69, 9.17) is 36.2 Å². The molecular weight excluding hydrogens is 591 g/mol. The molecule has 22 heteroatoms. The number of hydrogen-bond donors (Lipinski definition) is 6. The quantitative estimate of drug-likeness (QED) is 0.123. The molecule has 3 unspecified atom stereocenters. The maximum atomic E-state index is 12.3. The summed E-state index contributed by atoms with van der Waals surface area (Å²) in [6, 6.07) is 0. The van der Waals surface area contributed by atoms with Crippen LogP contribution in [0, 0.1) is 11.8 Å². The third-order valence-electron chi connectivity index (χ3n) is 4.05. The molecule has 1 aliphatic heterocycles. The first kappa shape index (κ1) is 31.3. The molecule has 1 saturated heterocycles. The summed E-state index contributed by atoms with van der Waals surface area (Å²) in [4.78, 5) is 62.5. The van der Waals surface area contributed by atoms with Gasteiger partial charge in [0.25, 0.3) is 5.56 Å². The Morgan fingerprint density at radius 1 is 1.25 bits per heavy atom. The van der Waals surface area contributed by atoms with Gasteiger partial charge in [-0.2, -0.15) is 8.62 Å². The largest absolute Gasteiger partial charge is 0.490 e. The Morgan fingerprint density at radius 3 is 2.50 bits per heavy atom. The highest BCUT2D eigenvalue weighted by atomic mass is 32.8. The average Bonchev–Trinajstić information content (AvgIpc) is 3.10. The third-order valence-corrected chi connectivity index (χ3v) is 8.61. The Bertz CT molecular complexity index is 1300. The normalized spacial score (nSPS) is 24.3. The molecule has 0 spiro atoms. The van der Waals surface area contributed by atoms with E-state index in [1.54, 1.807) is 6.26 Å². The number of phosphoric ester groups is 1. The predicted molar refractivity (Wildman–Crippen MR) is 126 cm³/mol. The van der Waals surface area contributed by atoms with Crippen molar-refractivity contribution in [2.45, 2.75) is 24.9 Å². The number of rotatable bonds is 11. The molecule has 6 atom stereocenters. The second kappa shape index (κ2) is 12.8. The molecular formula is C14H22N3O14P3S2. The van der Waals surface area contributed by atoms with Crippen molar-refractivity contribution >= 4 is 44.1 Å². The maximum absolute atomic E-state index is 12.3. The van der Waals surface area contributed by atoms with Crippen molar-refractivity contribution in [1.82, 2.24) is 9.55 Å². The molecule has 1 aromatic rings. The minimum Gasteiger partial charge on any atom is -0.364 e. The molecule has 1 aromatic heterocycles. The van der Waals surface area contributed by atoms with Gasteiger partial charge in [-0.25, -0.2) is 18.5 Å². The van der Waals surface area contributed by atoms with Crippen molar-refractivity contribution in [3.05, 3.63) is 32.6 Å². The van der Waals surface area contributed by atoms with Gasteiger partial charge in [-0.15, -0.1) is 0 Å². The minimum absolute atomic E-state index is 0.0212. The Labute approximate surface area is 209 Å². The molecule has 1 aliphatic rings. The summed E-state index contributed by atoms with van der Waals surface area (Å²) in [6.07, 6.45) is -0.316. The van der Waals surface area contributed by atoms with E-state index in [0.29, 0.717) is 0 Å². The van der Waals surface area contributed by atoms with Gasteiger partial charge in [0.15, 0.2) is 0 Å². The van der Waals surface area contributed by atoms with E-state index in [9.17, 15) is 33.1 Å². The zero-order valence-corrected chi connectivity index (χ0v) is 22.5. The summed E-state index contributed by atoms with van der Waals surface area (Å²) in [5.41, 5.74) is 3.60. The summed E-state index contributed by atoms with van der Waals surface area (Å²) >= 11 is 5.06. The molecule has 0 bridgehead atoms. The van der Waals surface area contributed by atoms with Crippen molar-refractivity contribution in [3.63, 3.8) is 0 Å². The molecule has 17 nitrogen and oxygen atoms in total. The van der Waals surface area contributed by atoms with Crippen LogP contribution < -0.4 is 17.0 Å². The minimum atomic E-state index is -5.71. The van der Waals surface area contributed by atoms with Crippen LogP contribution in [0.15, 0.2) is 15.8 Å². The number of nitrogens with zero attached hydrogens (tertiary/aromatic N) is 1. The number of phosphoric acid groups is 3. The molecule has 1 fully saturated rings. The van der Waals surface area contributed by atoms with Crippen molar-refractivity contribution in [2.24, 2.45) is 5.73 Å². The molecule has 0 aromatic carbocycles. The van der Waals surface area contributed by atoms with Crippen molar-refractivity contribution in [3.8, 4) is 11.8 Å². The van der Waals surface area contributed by atoms with Gasteiger partial charge in [0.05, 0.1) is 25.2 Å². The zero-order valence-electron chi connectivity index (χ0n) is 18.2. The van der Waals surface area contributed by atoms with E-state index in [0.717, 1.165) is 10.8 Å². The van der Waals surface area contributed by atoms with Crippen LogP contribution in [0.5, 0.6) is 0 Å². The Balaban J connectivity index is 2.23. The van der Waals surface area contributed by atoms with E-state index in [2.05, 4.69) is 30.0 Å². The van der Waals surface area contributed by atoms with Gasteiger partial charge in [-0.1, -0.05) is 21.3 Å². The van der Waals surface area contributed by atoms with Gasteiger partial charge >= 0.3 is 29.2 Å². The molecule has 2 rings (SSSR count). The van der Waals surface area contributed by atoms with Gasteiger partial charge in [-0.3, -0.25) is 18.9 Å². The van der Waals surface area contributed by atoms with E-state index in [-0.39, 0.29) is 24.5 Å². The molecule has 2 heterocycles. The average molecular weight is 613 g/mol. The lowest BCUT2D eigenvalue weighted by atomic mass is 10.2. The monoisotopic (exact) mass is 613 g/mol. The zero-order chi connectivity index (χ0) is 27.3. The summed E-state index contributed by atoms with van der Waals surface area (Å²) in [5, 5.41) is 0. The number of H-pyrrole nitrogens is 1. The van der Waals surface area contributed by atoms with Crippen LogP contribution in [0.3, 0.4) is 0 Å². The van der Waals surface area contributed by atoms with Crippen LogP contribution in [-0.4, -0.2) is 66.7 Å². The smallest absolute Gasteiger partial charge is 0.364 e. The highest BCUT2D eigenvalue weighted by Gasteiger charge is 2.43. The van der Waals surface area contributed by atoms with E-state index in [1.807, 2.05) is 0 Å². The topological polar surface area (TPSA) is 259 Å². The van der Waals surface area contributed by atoms with Crippen LogP contribution in [0.1, 0.15) is 18.2 Å². The van der Waals surface area contributed by atoms with Crippen LogP contribution in [0.4, 0.5) is 0 Å². The van der Waals surface area contributed by atoms with Crippen LogP contribution in [-0.2, 0) is 57.0 Å². The first-order valence-corrected chi connectivity index (χ1v) is 16.7. The summed E-state index contributed by atoms with van der Waals surface area (Å²) in [7, 11) is -17.3. The van der Waals surface area contributed by atoms with Gasteiger partial charge in [0.2, 0.25) is 0 Å². The third kappa shape index (κ3) is 10.1. The van der Waals surface area contributed by atoms with E-state index < -0.39 is 69.2 Å². The molecule has 204 valence electrons. The second-order valence-corrected chi connectivity index (χ2v) is 14.4. The van der Waals surface area contributed by atoms with Crippen LogP contribution >= 0.6 is 23.5 Å². The van der Waals surface area contributed by atoms with Crippen molar-refractivity contribution < 1.29 is 55.9 Å². The number of nitrogens with one attached hydrogen (secondary N) is 1. The molecule has 36 heavy (non-hydrogen) atoms. The maximum Gasteiger partial charge on any atom is 0.490 e. The fourth-order valence-electron chi connectivity index (χ4n) is 2.79. The lowest BCUT2D eigenvalue weighted by Gasteiger charge is -2.21. The summed E-state index contributed by atoms with van der Waals surface area (Å²) in [6.45, 7) is -0.852. The highest BCUT2D eigenvalue weighted by Crippen LogP contribution is 2.66. The van der Waals surface area contributed by atoms with Crippen molar-refractivity contribution in [1.29, 1.82) is 0 Å². The number of ether oxygens (including phenoxy) is 2. The van der Waals surface area contributed by atoms with Gasteiger partial charge in [0.1, 0.15) is 17.9 Å². The Hall–Kier alpha value is -0.900. The first-order valence-electron chi connectivity index (χ1n) is 9.42. The van der Waals surface area contributed by atoms with Crippen LogP contribution in [0.2, 0.25) is 0 Å². The molecule has 0 saturated carbocycles. The van der Waals surface area contributed by atoms with E-state index in [1.165, 1.54) is 0 Å². The van der Waals surface area contributed by atoms with Crippen LogP contribution in [0.25, 0.3) is 0 Å². The predicted octanol–water partition coefficient (Wildman–Crippen LogP) is -1.47. The van der Waals surface area contributed by atoms with Gasteiger partial charge in [-0.05, 0) is 17.4 Å². The van der Waals surface area contributed by atoms with Gasteiger partial charge in [0, 0.05) is 12.6 Å². The molecule has 0 radical (unpaired) electrons. The standard InChI is InChI=1S/C14H22N3O14P3S2/c1-36(35)8-27-10-5-12(17-6-9(3-2-4-15)13(18)16-14(17)19)29-11(10)7-28-33(23,24)31-34(25,26)30-32(20,21)22/h6,10-12H,4-5,7-8,15H2,1H3,(H,23,24)(H,25,26)(H,16,18,19)(H2,20,21,22)/t10-,11-,12-,36?/m1/s1. The number of aromatic amines is 1. The summed E-state index contributed by atoms with van der Waals surface area (Å²) < 4.78 is 58.6. The fourth-order valence-corrected chi connectivity index (χ4v) is 6.35. The van der Waals surface area contributed by atoms with E-state index >= 15 is 0 Å². The first-order chi connectivity index (χ1) is 16.5. The SMILES string of the molecule is CS(=S)CO[C@@H]1C[C@H](n2cc(C#CCN)c(=O)[nH]c2=O)O[C@@H]1COP(=O)(O)OP(=O)(O)OP(=O)(O)O. The fraction of sp³-hybridized carbons (Fsp3) is 0.571. The van der Waals surface area contributed by atoms with Crippen molar-refractivity contribution in [2.75, 3.05) is 25.3 Å². The molecule has 7 N–H and O–H groups in total. The highest BCUT2D eigenvalue weighted by molar-refractivity contribution is 8.28. The Morgan fingerprint density at radius 2 is 1.92 bits per heavy atom. The molecule has 0 amide bonds. The summed E-state index contributed by atoms with van der Waals surface area (Å²) in [5.74, 6) is 5.04. The number of nitrogens with two attached hydrogens (primary N) is 1. The Kier molecular flexibility index (Phi) is 11.1. The molecule has 0 aliphatic carbocycles. The number of hydrogen-bond acceptors (Lipinski definition) is 12.